The normalized spacial score (nSPS) is 18.4. The highest BCUT2D eigenvalue weighted by Crippen LogP contribution is 2.34. The first kappa shape index (κ1) is 13.8. The summed E-state index contributed by atoms with van der Waals surface area (Å²) in [5.74, 6) is -0.369. The maximum absolute atomic E-state index is 11.8. The number of hydrogen-bond acceptors (Lipinski definition) is 2. The highest BCUT2D eigenvalue weighted by Gasteiger charge is 2.21. The molecule has 3 nitrogen and oxygen atoms in total. The Hall–Kier alpha value is -2.13. The molecule has 1 aliphatic heterocycles. The zero-order valence-electron chi connectivity index (χ0n) is 12.0. The fourth-order valence-corrected chi connectivity index (χ4v) is 3.11. The fraction of sp³-hybridized carbons (Fsp3) is 0.278. The first-order valence-electron chi connectivity index (χ1n) is 7.49. The van der Waals surface area contributed by atoms with Crippen molar-refractivity contribution in [3.8, 4) is 11.1 Å². The van der Waals surface area contributed by atoms with Crippen molar-refractivity contribution in [2.45, 2.75) is 25.3 Å². The highest BCUT2D eigenvalue weighted by atomic mass is 16.1. The van der Waals surface area contributed by atoms with Crippen LogP contribution in [0, 0.1) is 0 Å². The second kappa shape index (κ2) is 6.10. The SMILES string of the molecule is NC(=O)c1cccc(C2CCCCN2)c1-c1ccccc1. The molecular formula is C18H20N2O. The monoisotopic (exact) mass is 280 g/mol. The summed E-state index contributed by atoms with van der Waals surface area (Å²) in [7, 11) is 0. The molecule has 0 bridgehead atoms. The number of rotatable bonds is 3. The molecule has 2 aromatic carbocycles. The molecule has 1 heterocycles. The van der Waals surface area contributed by atoms with Gasteiger partial charge < -0.3 is 11.1 Å². The van der Waals surface area contributed by atoms with Gasteiger partial charge in [0.05, 0.1) is 0 Å². The Labute approximate surface area is 125 Å². The van der Waals surface area contributed by atoms with E-state index in [-0.39, 0.29) is 5.91 Å². The van der Waals surface area contributed by atoms with Gasteiger partial charge in [-0.3, -0.25) is 4.79 Å². The number of benzene rings is 2. The summed E-state index contributed by atoms with van der Waals surface area (Å²) < 4.78 is 0. The van der Waals surface area contributed by atoms with E-state index in [2.05, 4.69) is 11.4 Å². The topological polar surface area (TPSA) is 55.1 Å². The standard InChI is InChI=1S/C18H20N2O/c19-18(21)15-10-6-9-14(16-11-4-5-12-20-16)17(15)13-7-2-1-3-8-13/h1-3,6-10,16,20H,4-5,11-12H2,(H2,19,21). The summed E-state index contributed by atoms with van der Waals surface area (Å²) in [6, 6.07) is 16.2. The molecule has 1 saturated heterocycles. The molecule has 3 rings (SSSR count). The molecule has 2 aromatic rings. The molecule has 3 heteroatoms. The third kappa shape index (κ3) is 2.83. The number of hydrogen-bond donors (Lipinski definition) is 2. The lowest BCUT2D eigenvalue weighted by Gasteiger charge is -2.27. The summed E-state index contributed by atoms with van der Waals surface area (Å²) >= 11 is 0. The lowest BCUT2D eigenvalue weighted by molar-refractivity contribution is 0.100. The van der Waals surface area contributed by atoms with Gasteiger partial charge in [-0.25, -0.2) is 0 Å². The minimum absolute atomic E-state index is 0.299. The van der Waals surface area contributed by atoms with Gasteiger partial charge in [0.1, 0.15) is 0 Å². The summed E-state index contributed by atoms with van der Waals surface area (Å²) in [5.41, 5.74) is 9.40. The fourth-order valence-electron chi connectivity index (χ4n) is 3.11. The molecule has 1 amide bonds. The van der Waals surface area contributed by atoms with Gasteiger partial charge in [0.25, 0.3) is 0 Å². The van der Waals surface area contributed by atoms with Crippen LogP contribution in [0.25, 0.3) is 11.1 Å². The van der Waals surface area contributed by atoms with Crippen molar-refractivity contribution in [3.05, 3.63) is 59.7 Å². The van der Waals surface area contributed by atoms with Gasteiger partial charge in [0, 0.05) is 11.6 Å². The Morgan fingerprint density at radius 2 is 1.86 bits per heavy atom. The quantitative estimate of drug-likeness (QED) is 0.906. The van der Waals surface area contributed by atoms with Gasteiger partial charge in [-0.1, -0.05) is 48.9 Å². The van der Waals surface area contributed by atoms with Crippen LogP contribution in [0.5, 0.6) is 0 Å². The number of nitrogens with one attached hydrogen (secondary N) is 1. The van der Waals surface area contributed by atoms with E-state index in [9.17, 15) is 4.79 Å². The lowest BCUT2D eigenvalue weighted by Crippen LogP contribution is -2.27. The number of carbonyl (C=O) groups is 1. The zero-order chi connectivity index (χ0) is 14.7. The average Bonchev–Trinajstić information content (AvgIpc) is 2.55. The predicted molar refractivity (Wildman–Crippen MR) is 85.0 cm³/mol. The minimum Gasteiger partial charge on any atom is -0.366 e. The molecule has 21 heavy (non-hydrogen) atoms. The molecule has 3 N–H and O–H groups in total. The number of carbonyl (C=O) groups excluding carboxylic acids is 1. The Balaban J connectivity index is 2.15. The van der Waals surface area contributed by atoms with Gasteiger partial charge in [0.2, 0.25) is 5.91 Å². The van der Waals surface area contributed by atoms with E-state index in [1.807, 2.05) is 42.5 Å². The molecule has 0 spiro atoms. The van der Waals surface area contributed by atoms with Gasteiger partial charge >= 0.3 is 0 Å². The highest BCUT2D eigenvalue weighted by molar-refractivity contribution is 6.00. The van der Waals surface area contributed by atoms with E-state index < -0.39 is 0 Å². The van der Waals surface area contributed by atoms with E-state index in [1.165, 1.54) is 18.4 Å². The van der Waals surface area contributed by atoms with Crippen molar-refractivity contribution < 1.29 is 4.79 Å². The maximum Gasteiger partial charge on any atom is 0.249 e. The molecule has 1 aliphatic rings. The van der Waals surface area contributed by atoms with E-state index in [0.29, 0.717) is 11.6 Å². The van der Waals surface area contributed by atoms with E-state index in [0.717, 1.165) is 24.1 Å². The molecule has 1 atom stereocenters. The van der Waals surface area contributed by atoms with Crippen LogP contribution in [0.15, 0.2) is 48.5 Å². The summed E-state index contributed by atoms with van der Waals surface area (Å²) in [6.07, 6.45) is 3.53. The van der Waals surface area contributed by atoms with Crippen molar-refractivity contribution in [2.75, 3.05) is 6.54 Å². The van der Waals surface area contributed by atoms with Crippen molar-refractivity contribution in [3.63, 3.8) is 0 Å². The molecule has 0 aliphatic carbocycles. The van der Waals surface area contributed by atoms with Crippen molar-refractivity contribution >= 4 is 5.91 Å². The van der Waals surface area contributed by atoms with E-state index >= 15 is 0 Å². The maximum atomic E-state index is 11.8. The van der Waals surface area contributed by atoms with Gasteiger partial charge in [-0.2, -0.15) is 0 Å². The van der Waals surface area contributed by atoms with E-state index in [4.69, 9.17) is 5.73 Å². The molecule has 1 unspecified atom stereocenters. The van der Waals surface area contributed by atoms with Crippen LogP contribution < -0.4 is 11.1 Å². The molecule has 108 valence electrons. The molecule has 0 aromatic heterocycles. The van der Waals surface area contributed by atoms with Gasteiger partial charge in [-0.05, 0) is 42.1 Å². The average molecular weight is 280 g/mol. The first-order valence-corrected chi connectivity index (χ1v) is 7.49. The summed E-state index contributed by atoms with van der Waals surface area (Å²) in [4.78, 5) is 11.8. The van der Waals surface area contributed by atoms with Crippen LogP contribution in [0.1, 0.15) is 41.2 Å². The Kier molecular flexibility index (Phi) is 4.02. The minimum atomic E-state index is -0.369. The van der Waals surface area contributed by atoms with E-state index in [1.54, 1.807) is 0 Å². The second-order valence-electron chi connectivity index (χ2n) is 5.50. The largest absolute Gasteiger partial charge is 0.366 e. The summed E-state index contributed by atoms with van der Waals surface area (Å²) in [5, 5.41) is 3.56. The van der Waals surface area contributed by atoms with Gasteiger partial charge in [0.15, 0.2) is 0 Å². The third-order valence-electron chi connectivity index (χ3n) is 4.11. The van der Waals surface area contributed by atoms with Crippen molar-refractivity contribution in [1.29, 1.82) is 0 Å². The number of amides is 1. The summed E-state index contributed by atoms with van der Waals surface area (Å²) in [6.45, 7) is 1.03. The van der Waals surface area contributed by atoms with Crippen LogP contribution in [0.3, 0.4) is 0 Å². The number of primary amides is 1. The lowest BCUT2D eigenvalue weighted by atomic mass is 9.87. The Bertz CT molecular complexity index is 631. The molecule has 0 radical (unpaired) electrons. The first-order chi connectivity index (χ1) is 10.3. The number of piperidine rings is 1. The van der Waals surface area contributed by atoms with Crippen LogP contribution in [0.2, 0.25) is 0 Å². The van der Waals surface area contributed by atoms with Crippen LogP contribution >= 0.6 is 0 Å². The smallest absolute Gasteiger partial charge is 0.249 e. The van der Waals surface area contributed by atoms with Crippen molar-refractivity contribution in [2.24, 2.45) is 5.73 Å². The van der Waals surface area contributed by atoms with Crippen LogP contribution in [-0.2, 0) is 0 Å². The van der Waals surface area contributed by atoms with Crippen LogP contribution in [-0.4, -0.2) is 12.5 Å². The predicted octanol–water partition coefficient (Wildman–Crippen LogP) is 3.27. The van der Waals surface area contributed by atoms with Crippen LogP contribution in [0.4, 0.5) is 0 Å². The molecular weight excluding hydrogens is 260 g/mol. The van der Waals surface area contributed by atoms with Gasteiger partial charge in [-0.15, -0.1) is 0 Å². The third-order valence-corrected chi connectivity index (χ3v) is 4.11. The Morgan fingerprint density at radius 3 is 2.52 bits per heavy atom. The number of nitrogens with two attached hydrogens (primary N) is 1. The van der Waals surface area contributed by atoms with Crippen molar-refractivity contribution in [1.82, 2.24) is 5.32 Å². The Morgan fingerprint density at radius 1 is 1.05 bits per heavy atom. The molecule has 1 fully saturated rings. The zero-order valence-corrected chi connectivity index (χ0v) is 12.0. The molecule has 0 saturated carbocycles. The second-order valence-corrected chi connectivity index (χ2v) is 5.50.